The van der Waals surface area contributed by atoms with Crippen molar-refractivity contribution in [2.45, 2.75) is 32.1 Å². The second-order valence-corrected chi connectivity index (χ2v) is 6.34. The number of anilines is 1. The summed E-state index contributed by atoms with van der Waals surface area (Å²) >= 11 is 6.08. The fourth-order valence-corrected chi connectivity index (χ4v) is 3.76. The Labute approximate surface area is 124 Å². The maximum atomic E-state index is 12.6. The Bertz CT molecular complexity index is 520. The number of carbonyl (C=O) groups is 1. The standard InChI is InChI=1S/C15H20ClN3O/c16-13-8-18-14(17)7-12(13)15(20)19-6-5-10-3-1-2-4-11(10)9-19/h7-8,10-11H,1-6,9H2,(H2,17,18). The lowest BCUT2D eigenvalue weighted by Gasteiger charge is -2.41. The molecule has 2 aliphatic rings. The zero-order chi connectivity index (χ0) is 14.1. The molecule has 1 aliphatic carbocycles. The molecule has 5 heteroatoms. The number of amides is 1. The Balaban J connectivity index is 1.76. The Hall–Kier alpha value is -1.29. The van der Waals surface area contributed by atoms with Gasteiger partial charge in [0, 0.05) is 19.3 Å². The average Bonchev–Trinajstić information content (AvgIpc) is 2.48. The molecule has 2 fully saturated rings. The van der Waals surface area contributed by atoms with Gasteiger partial charge in [0.25, 0.3) is 5.91 Å². The largest absolute Gasteiger partial charge is 0.384 e. The van der Waals surface area contributed by atoms with Crippen LogP contribution < -0.4 is 5.73 Å². The minimum absolute atomic E-state index is 0.00637. The minimum atomic E-state index is -0.00637. The van der Waals surface area contributed by atoms with Crippen LogP contribution in [-0.4, -0.2) is 28.9 Å². The van der Waals surface area contributed by atoms with Crippen molar-refractivity contribution < 1.29 is 4.79 Å². The first kappa shape index (κ1) is 13.7. The number of nitrogen functional groups attached to an aromatic ring is 1. The summed E-state index contributed by atoms with van der Waals surface area (Å²) in [4.78, 5) is 18.5. The number of hydrogen-bond acceptors (Lipinski definition) is 3. The number of nitrogens with zero attached hydrogens (tertiary/aromatic N) is 2. The summed E-state index contributed by atoms with van der Waals surface area (Å²) in [5, 5.41) is 0.384. The van der Waals surface area contributed by atoms with Crippen LogP contribution in [-0.2, 0) is 0 Å². The van der Waals surface area contributed by atoms with Crippen LogP contribution in [0, 0.1) is 11.8 Å². The Morgan fingerprint density at radius 2 is 2.05 bits per heavy atom. The molecule has 1 saturated carbocycles. The van der Waals surface area contributed by atoms with Crippen molar-refractivity contribution in [2.75, 3.05) is 18.8 Å². The number of hydrogen-bond donors (Lipinski definition) is 1. The molecule has 2 heterocycles. The minimum Gasteiger partial charge on any atom is -0.384 e. The molecule has 1 aromatic heterocycles. The van der Waals surface area contributed by atoms with Crippen molar-refractivity contribution in [3.8, 4) is 0 Å². The van der Waals surface area contributed by atoms with Crippen LogP contribution in [0.4, 0.5) is 5.82 Å². The van der Waals surface area contributed by atoms with Gasteiger partial charge in [-0.15, -0.1) is 0 Å². The molecule has 1 aromatic rings. The van der Waals surface area contributed by atoms with Crippen molar-refractivity contribution in [1.82, 2.24) is 9.88 Å². The zero-order valence-electron chi connectivity index (χ0n) is 11.5. The van der Waals surface area contributed by atoms with E-state index in [9.17, 15) is 4.79 Å². The number of carbonyl (C=O) groups excluding carboxylic acids is 1. The molecule has 0 aromatic carbocycles. The lowest BCUT2D eigenvalue weighted by Crippen LogP contribution is -2.44. The Morgan fingerprint density at radius 3 is 2.85 bits per heavy atom. The summed E-state index contributed by atoms with van der Waals surface area (Å²) in [6.07, 6.45) is 7.80. The van der Waals surface area contributed by atoms with E-state index in [1.165, 1.54) is 31.9 Å². The molecule has 4 nitrogen and oxygen atoms in total. The van der Waals surface area contributed by atoms with Gasteiger partial charge in [0.1, 0.15) is 5.82 Å². The fourth-order valence-electron chi connectivity index (χ4n) is 3.57. The highest BCUT2D eigenvalue weighted by molar-refractivity contribution is 6.33. The number of pyridine rings is 1. The van der Waals surface area contributed by atoms with E-state index in [4.69, 9.17) is 17.3 Å². The molecular formula is C15H20ClN3O. The van der Waals surface area contributed by atoms with Gasteiger partial charge in [0.2, 0.25) is 0 Å². The second-order valence-electron chi connectivity index (χ2n) is 5.93. The summed E-state index contributed by atoms with van der Waals surface area (Å²) in [6.45, 7) is 1.70. The average molecular weight is 294 g/mol. The molecule has 1 saturated heterocycles. The number of piperidine rings is 1. The number of likely N-dealkylation sites (tertiary alicyclic amines) is 1. The van der Waals surface area contributed by atoms with Gasteiger partial charge in [-0.25, -0.2) is 4.98 Å². The van der Waals surface area contributed by atoms with E-state index in [0.717, 1.165) is 25.4 Å². The highest BCUT2D eigenvalue weighted by Gasteiger charge is 2.33. The number of halogens is 1. The van der Waals surface area contributed by atoms with E-state index in [2.05, 4.69) is 4.98 Å². The van der Waals surface area contributed by atoms with Gasteiger partial charge < -0.3 is 10.6 Å². The highest BCUT2D eigenvalue weighted by atomic mass is 35.5. The fraction of sp³-hybridized carbons (Fsp3) is 0.600. The predicted octanol–water partition coefficient (Wildman–Crippen LogP) is 2.97. The second kappa shape index (κ2) is 5.60. The first-order chi connectivity index (χ1) is 9.65. The van der Waals surface area contributed by atoms with Crippen LogP contribution >= 0.6 is 11.6 Å². The Morgan fingerprint density at radius 1 is 1.30 bits per heavy atom. The molecule has 0 bridgehead atoms. The topological polar surface area (TPSA) is 59.2 Å². The lowest BCUT2D eigenvalue weighted by atomic mass is 9.75. The third kappa shape index (κ3) is 2.62. The maximum Gasteiger partial charge on any atom is 0.255 e. The van der Waals surface area contributed by atoms with Crippen molar-refractivity contribution in [3.05, 3.63) is 22.8 Å². The van der Waals surface area contributed by atoms with Gasteiger partial charge >= 0.3 is 0 Å². The summed E-state index contributed by atoms with van der Waals surface area (Å²) in [6, 6.07) is 1.58. The van der Waals surface area contributed by atoms with Crippen molar-refractivity contribution in [1.29, 1.82) is 0 Å². The summed E-state index contributed by atoms with van der Waals surface area (Å²) in [7, 11) is 0. The normalized spacial score (nSPS) is 26.1. The first-order valence-corrected chi connectivity index (χ1v) is 7.73. The van der Waals surface area contributed by atoms with Gasteiger partial charge in [0.05, 0.1) is 10.6 Å². The van der Waals surface area contributed by atoms with Gasteiger partial charge in [-0.2, -0.15) is 0 Å². The molecule has 3 rings (SSSR count). The van der Waals surface area contributed by atoms with E-state index in [-0.39, 0.29) is 5.91 Å². The molecule has 1 aliphatic heterocycles. The Kier molecular flexibility index (Phi) is 3.83. The SMILES string of the molecule is Nc1cc(C(=O)N2CCC3CCCCC3C2)c(Cl)cn1. The third-order valence-corrected chi connectivity index (χ3v) is 4.99. The highest BCUT2D eigenvalue weighted by Crippen LogP contribution is 2.36. The molecule has 108 valence electrons. The lowest BCUT2D eigenvalue weighted by molar-refractivity contribution is 0.0521. The first-order valence-electron chi connectivity index (χ1n) is 7.35. The summed E-state index contributed by atoms with van der Waals surface area (Å²) in [5.74, 6) is 1.81. The number of rotatable bonds is 1. The number of aromatic nitrogens is 1. The van der Waals surface area contributed by atoms with Crippen LogP contribution in [0.15, 0.2) is 12.3 Å². The molecule has 2 unspecified atom stereocenters. The van der Waals surface area contributed by atoms with Gasteiger partial charge in [0.15, 0.2) is 0 Å². The molecule has 2 N–H and O–H groups in total. The molecule has 2 atom stereocenters. The van der Waals surface area contributed by atoms with E-state index in [0.29, 0.717) is 22.3 Å². The van der Waals surface area contributed by atoms with Crippen molar-refractivity contribution in [3.63, 3.8) is 0 Å². The maximum absolute atomic E-state index is 12.6. The van der Waals surface area contributed by atoms with E-state index in [1.807, 2.05) is 4.90 Å². The van der Waals surface area contributed by atoms with E-state index < -0.39 is 0 Å². The zero-order valence-corrected chi connectivity index (χ0v) is 12.3. The molecule has 0 radical (unpaired) electrons. The van der Waals surface area contributed by atoms with E-state index in [1.54, 1.807) is 6.07 Å². The van der Waals surface area contributed by atoms with Crippen molar-refractivity contribution in [2.24, 2.45) is 11.8 Å². The molecular weight excluding hydrogens is 274 g/mol. The smallest absolute Gasteiger partial charge is 0.255 e. The number of fused-ring (bicyclic) bond motifs is 1. The van der Waals surface area contributed by atoms with E-state index >= 15 is 0 Å². The summed E-state index contributed by atoms with van der Waals surface area (Å²) < 4.78 is 0. The molecule has 1 amide bonds. The number of nitrogens with two attached hydrogens (primary N) is 1. The van der Waals surface area contributed by atoms with Crippen LogP contribution in [0.1, 0.15) is 42.5 Å². The van der Waals surface area contributed by atoms with Gasteiger partial charge in [-0.3, -0.25) is 4.79 Å². The van der Waals surface area contributed by atoms with Crippen LogP contribution in [0.5, 0.6) is 0 Å². The predicted molar refractivity (Wildman–Crippen MR) is 79.6 cm³/mol. The molecule has 0 spiro atoms. The van der Waals surface area contributed by atoms with Crippen LogP contribution in [0.2, 0.25) is 5.02 Å². The van der Waals surface area contributed by atoms with Gasteiger partial charge in [-0.05, 0) is 30.7 Å². The van der Waals surface area contributed by atoms with Gasteiger partial charge in [-0.1, -0.05) is 30.9 Å². The van der Waals surface area contributed by atoms with Crippen LogP contribution in [0.3, 0.4) is 0 Å². The molecule has 20 heavy (non-hydrogen) atoms. The van der Waals surface area contributed by atoms with Crippen molar-refractivity contribution >= 4 is 23.3 Å². The summed E-state index contributed by atoms with van der Waals surface area (Å²) in [5.41, 5.74) is 6.14. The quantitative estimate of drug-likeness (QED) is 0.866. The monoisotopic (exact) mass is 293 g/mol. The van der Waals surface area contributed by atoms with Crippen LogP contribution in [0.25, 0.3) is 0 Å². The third-order valence-electron chi connectivity index (χ3n) is 4.69.